The summed E-state index contributed by atoms with van der Waals surface area (Å²) in [5, 5.41) is 17.5. The highest BCUT2D eigenvalue weighted by Gasteiger charge is 2.38. The van der Waals surface area contributed by atoms with Crippen molar-refractivity contribution in [1.82, 2.24) is 4.98 Å². The molecule has 0 saturated carbocycles. The summed E-state index contributed by atoms with van der Waals surface area (Å²) in [6.45, 7) is 4.57. The summed E-state index contributed by atoms with van der Waals surface area (Å²) in [7, 11) is 0. The molecule has 1 aliphatic heterocycles. The number of rotatable bonds is 9. The van der Waals surface area contributed by atoms with Crippen LogP contribution in [0, 0.1) is 12.8 Å². The van der Waals surface area contributed by atoms with E-state index in [0.29, 0.717) is 18.7 Å². The molecule has 0 fully saturated rings. The van der Waals surface area contributed by atoms with Crippen molar-refractivity contribution in [3.63, 3.8) is 0 Å². The predicted octanol–water partition coefficient (Wildman–Crippen LogP) is 6.72. The van der Waals surface area contributed by atoms with Crippen LogP contribution in [0.2, 0.25) is 0 Å². The number of nitrogens with zero attached hydrogens (tertiary/aromatic N) is 1. The van der Waals surface area contributed by atoms with Gasteiger partial charge in [0.15, 0.2) is 5.76 Å². The van der Waals surface area contributed by atoms with Gasteiger partial charge < -0.3 is 19.9 Å². The predicted molar refractivity (Wildman–Crippen MR) is 150 cm³/mol. The summed E-state index contributed by atoms with van der Waals surface area (Å²) in [5.74, 6) is -0.0849. The van der Waals surface area contributed by atoms with Crippen LogP contribution in [-0.4, -0.2) is 35.5 Å². The third-order valence-electron chi connectivity index (χ3n) is 6.50. The molecule has 3 heterocycles. The Balaban J connectivity index is 1.35. The first-order valence-electron chi connectivity index (χ1n) is 12.5. The second-order valence-corrected chi connectivity index (χ2v) is 10.9. The average Bonchev–Trinajstić information content (AvgIpc) is 3.58. The highest BCUT2D eigenvalue weighted by Crippen LogP contribution is 2.40. The molecule has 0 bridgehead atoms. The van der Waals surface area contributed by atoms with Crippen molar-refractivity contribution in [2.45, 2.75) is 38.9 Å². The summed E-state index contributed by atoms with van der Waals surface area (Å²) in [6, 6.07) is 16.0. The summed E-state index contributed by atoms with van der Waals surface area (Å²) >= 11 is 3.28. The molecule has 0 aliphatic carbocycles. The second-order valence-electron chi connectivity index (χ2n) is 9.11. The Labute approximate surface area is 224 Å². The quantitative estimate of drug-likeness (QED) is 0.249. The van der Waals surface area contributed by atoms with Crippen LogP contribution in [0.5, 0.6) is 0 Å². The first-order chi connectivity index (χ1) is 18.1. The lowest BCUT2D eigenvalue weighted by Crippen LogP contribution is -2.37. The number of aromatic nitrogens is 1. The number of aliphatic hydroxyl groups excluding tert-OH is 1. The Morgan fingerprint density at radius 2 is 2.03 bits per heavy atom. The van der Waals surface area contributed by atoms with Crippen molar-refractivity contribution < 1.29 is 19.4 Å². The van der Waals surface area contributed by atoms with Gasteiger partial charge in [-0.3, -0.25) is 4.79 Å². The largest absolute Gasteiger partial charge is 0.459 e. The number of anilines is 1. The smallest absolute Gasteiger partial charge is 0.290 e. The molecule has 1 amide bonds. The Hall–Kier alpha value is -3.04. The summed E-state index contributed by atoms with van der Waals surface area (Å²) < 4.78 is 13.2. The van der Waals surface area contributed by atoms with Gasteiger partial charge in [-0.2, -0.15) is 11.3 Å². The molecular weight excluding hydrogens is 504 g/mol. The molecule has 37 heavy (non-hydrogen) atoms. The van der Waals surface area contributed by atoms with Crippen molar-refractivity contribution in [3.8, 4) is 10.6 Å². The van der Waals surface area contributed by atoms with E-state index in [0.717, 1.165) is 32.8 Å². The summed E-state index contributed by atoms with van der Waals surface area (Å²) in [5.41, 5.74) is 5.02. The van der Waals surface area contributed by atoms with Gasteiger partial charge >= 0.3 is 0 Å². The number of carbonyl (C=O) groups is 1. The van der Waals surface area contributed by atoms with Crippen LogP contribution in [0.25, 0.3) is 20.8 Å². The van der Waals surface area contributed by atoms with Crippen molar-refractivity contribution in [2.24, 2.45) is 5.92 Å². The van der Waals surface area contributed by atoms with Gasteiger partial charge in [-0.05, 0) is 97.1 Å². The molecule has 6 nitrogen and oxygen atoms in total. The monoisotopic (exact) mass is 534 g/mol. The second kappa shape index (κ2) is 11.6. The van der Waals surface area contributed by atoms with E-state index in [4.69, 9.17) is 14.5 Å². The minimum Gasteiger partial charge on any atom is -0.459 e. The number of thiazole rings is 1. The molecule has 3 atom stereocenters. The number of hydrogen-bond acceptors (Lipinski definition) is 7. The number of carbonyl (C=O) groups excluding carboxylic acids is 1. The maximum Gasteiger partial charge on any atom is 0.290 e. The highest BCUT2D eigenvalue weighted by atomic mass is 32.1. The van der Waals surface area contributed by atoms with E-state index < -0.39 is 6.29 Å². The van der Waals surface area contributed by atoms with E-state index in [-0.39, 0.29) is 30.1 Å². The van der Waals surface area contributed by atoms with Crippen molar-refractivity contribution >= 4 is 44.5 Å². The standard InChI is InChI=1S/C29H30N2O4S2/c1-3-34-29-22(5-4-13-32)23(20-12-14-36-17-20)16-25(35-29)27(33)30-21-9-7-19(8-10-21)28-31-24-11-6-18(2)15-26(24)37-28/h6-12,14-17,22-23,29,32H,3-5,13H2,1-2H3,(H,30,33). The maximum atomic E-state index is 13.2. The molecule has 0 saturated heterocycles. The molecule has 2 N–H and O–H groups in total. The van der Waals surface area contributed by atoms with Crippen LogP contribution in [0.3, 0.4) is 0 Å². The van der Waals surface area contributed by atoms with Gasteiger partial charge in [0.25, 0.3) is 5.91 Å². The van der Waals surface area contributed by atoms with E-state index in [9.17, 15) is 9.90 Å². The van der Waals surface area contributed by atoms with E-state index in [1.165, 1.54) is 5.56 Å². The molecule has 5 rings (SSSR count). The van der Waals surface area contributed by atoms with Crippen molar-refractivity contribution in [1.29, 1.82) is 0 Å². The van der Waals surface area contributed by atoms with Crippen LogP contribution in [0.4, 0.5) is 5.69 Å². The normalized spacial score (nSPS) is 19.4. The average molecular weight is 535 g/mol. The lowest BCUT2D eigenvalue weighted by atomic mass is 9.81. The Kier molecular flexibility index (Phi) is 8.00. The number of hydrogen-bond donors (Lipinski definition) is 2. The van der Waals surface area contributed by atoms with Gasteiger partial charge in [0.2, 0.25) is 6.29 Å². The van der Waals surface area contributed by atoms with Crippen molar-refractivity contribution in [3.05, 3.63) is 82.3 Å². The van der Waals surface area contributed by atoms with Crippen LogP contribution in [0.1, 0.15) is 36.8 Å². The van der Waals surface area contributed by atoms with Crippen LogP contribution < -0.4 is 5.32 Å². The minimum atomic E-state index is -0.558. The number of aryl methyl sites for hydroxylation is 1. The molecule has 8 heteroatoms. The summed E-state index contributed by atoms with van der Waals surface area (Å²) in [6.07, 6.45) is 2.72. The molecule has 0 radical (unpaired) electrons. The lowest BCUT2D eigenvalue weighted by molar-refractivity contribution is -0.164. The van der Waals surface area contributed by atoms with Gasteiger partial charge in [0.1, 0.15) is 5.01 Å². The molecule has 0 spiro atoms. The fraction of sp³-hybridized carbons (Fsp3) is 0.310. The maximum absolute atomic E-state index is 13.2. The van der Waals surface area contributed by atoms with E-state index >= 15 is 0 Å². The van der Waals surface area contributed by atoms with Crippen LogP contribution >= 0.6 is 22.7 Å². The fourth-order valence-corrected chi connectivity index (χ4v) is 6.43. The Bertz CT molecular complexity index is 1380. The Morgan fingerprint density at radius 1 is 1.19 bits per heavy atom. The Morgan fingerprint density at radius 3 is 2.76 bits per heavy atom. The van der Waals surface area contributed by atoms with E-state index in [1.54, 1.807) is 22.7 Å². The van der Waals surface area contributed by atoms with Gasteiger partial charge in [0.05, 0.1) is 10.2 Å². The molecule has 3 unspecified atom stereocenters. The number of amides is 1. The van der Waals surface area contributed by atoms with Gasteiger partial charge in [-0.1, -0.05) is 6.07 Å². The van der Waals surface area contributed by atoms with Crippen LogP contribution in [-0.2, 0) is 14.3 Å². The van der Waals surface area contributed by atoms with Crippen LogP contribution in [0.15, 0.2) is 71.1 Å². The van der Waals surface area contributed by atoms with Crippen molar-refractivity contribution in [2.75, 3.05) is 18.5 Å². The number of nitrogens with one attached hydrogen (secondary N) is 1. The first kappa shape index (κ1) is 25.6. The zero-order valence-electron chi connectivity index (χ0n) is 20.8. The zero-order valence-corrected chi connectivity index (χ0v) is 22.5. The fourth-order valence-electron chi connectivity index (χ4n) is 4.65. The molecule has 2 aromatic heterocycles. The number of thiophene rings is 1. The number of benzene rings is 2. The first-order valence-corrected chi connectivity index (χ1v) is 14.2. The minimum absolute atomic E-state index is 0.00938. The molecule has 4 aromatic rings. The zero-order chi connectivity index (χ0) is 25.8. The summed E-state index contributed by atoms with van der Waals surface area (Å²) in [4.78, 5) is 18.0. The van der Waals surface area contributed by atoms with Gasteiger partial charge in [-0.15, -0.1) is 11.3 Å². The lowest BCUT2D eigenvalue weighted by Gasteiger charge is -2.36. The third kappa shape index (κ3) is 5.78. The number of aliphatic hydroxyl groups is 1. The molecule has 2 aromatic carbocycles. The number of ether oxygens (including phenoxy) is 2. The van der Waals surface area contributed by atoms with E-state index in [2.05, 4.69) is 35.8 Å². The number of fused-ring (bicyclic) bond motifs is 1. The molecule has 192 valence electrons. The number of allylic oxidation sites excluding steroid dienone is 1. The topological polar surface area (TPSA) is 80.7 Å². The molecular formula is C29H30N2O4S2. The van der Waals surface area contributed by atoms with E-state index in [1.807, 2.05) is 48.7 Å². The van der Waals surface area contributed by atoms with Gasteiger partial charge in [-0.25, -0.2) is 4.98 Å². The SMILES string of the molecule is CCOC1OC(C(=O)Nc2ccc(-c3nc4ccc(C)cc4s3)cc2)=CC(c2ccsc2)C1CCCO. The van der Waals surface area contributed by atoms with Gasteiger partial charge in [0, 0.05) is 36.3 Å². The highest BCUT2D eigenvalue weighted by molar-refractivity contribution is 7.21. The molecule has 1 aliphatic rings. The third-order valence-corrected chi connectivity index (χ3v) is 8.27.